The highest BCUT2D eigenvalue weighted by atomic mass is 16.1. The number of aromatic amines is 1. The molecule has 8 nitrogen and oxygen atoms in total. The second kappa shape index (κ2) is 7.12. The number of benzene rings is 1. The number of hydrogen-bond acceptors (Lipinski definition) is 5. The lowest BCUT2D eigenvalue weighted by atomic mass is 10.1. The molecule has 1 aliphatic carbocycles. The van der Waals surface area contributed by atoms with Gasteiger partial charge in [0.15, 0.2) is 5.65 Å². The highest BCUT2D eigenvalue weighted by molar-refractivity contribution is 5.97. The summed E-state index contributed by atoms with van der Waals surface area (Å²) >= 11 is 0. The van der Waals surface area contributed by atoms with Crippen LogP contribution in [0.15, 0.2) is 47.5 Å². The molecular weight excluding hydrogens is 368 g/mol. The molecule has 0 unspecified atom stereocenters. The van der Waals surface area contributed by atoms with Crippen molar-refractivity contribution >= 4 is 27.7 Å². The summed E-state index contributed by atoms with van der Waals surface area (Å²) in [7, 11) is 0. The first-order chi connectivity index (χ1) is 14.2. The first kappa shape index (κ1) is 17.5. The summed E-state index contributed by atoms with van der Waals surface area (Å²) in [6.07, 6.45) is 8.05. The second-order valence-electron chi connectivity index (χ2n) is 7.39. The fraction of sp³-hybridized carbons (Fsp3) is 0.286. The van der Waals surface area contributed by atoms with Gasteiger partial charge in [0, 0.05) is 17.0 Å². The second-order valence-corrected chi connectivity index (χ2v) is 7.39. The van der Waals surface area contributed by atoms with Crippen molar-refractivity contribution < 1.29 is 4.79 Å². The van der Waals surface area contributed by atoms with Crippen LogP contribution >= 0.6 is 0 Å². The number of nitrogens with zero attached hydrogens (tertiary/aromatic N) is 4. The minimum absolute atomic E-state index is 0.204. The van der Waals surface area contributed by atoms with Gasteiger partial charge in [-0.1, -0.05) is 31.0 Å². The van der Waals surface area contributed by atoms with E-state index in [1.54, 1.807) is 24.5 Å². The Morgan fingerprint density at radius 1 is 1.17 bits per heavy atom. The Hall–Kier alpha value is -3.55. The lowest BCUT2D eigenvalue weighted by Crippen LogP contribution is -2.24. The van der Waals surface area contributed by atoms with Crippen LogP contribution in [0.2, 0.25) is 0 Å². The molecule has 0 saturated heterocycles. The maximum absolute atomic E-state index is 12.6. The summed E-state index contributed by atoms with van der Waals surface area (Å²) in [5.74, 6) is -0.245. The molecular formula is C21H20N6O2. The third-order valence-corrected chi connectivity index (χ3v) is 5.56. The van der Waals surface area contributed by atoms with Crippen LogP contribution in [-0.2, 0) is 6.54 Å². The third kappa shape index (κ3) is 3.16. The topological polar surface area (TPSA) is 106 Å². The van der Waals surface area contributed by atoms with Crippen molar-refractivity contribution in [2.24, 2.45) is 0 Å². The van der Waals surface area contributed by atoms with Crippen molar-refractivity contribution in [3.63, 3.8) is 0 Å². The van der Waals surface area contributed by atoms with Gasteiger partial charge in [-0.05, 0) is 25.0 Å². The molecule has 1 amide bonds. The van der Waals surface area contributed by atoms with Crippen molar-refractivity contribution in [3.05, 3.63) is 64.3 Å². The van der Waals surface area contributed by atoms with Crippen LogP contribution in [0.1, 0.15) is 47.8 Å². The van der Waals surface area contributed by atoms with E-state index in [0.717, 1.165) is 29.3 Å². The zero-order chi connectivity index (χ0) is 19.8. The molecule has 3 aromatic heterocycles. The zero-order valence-corrected chi connectivity index (χ0v) is 15.8. The van der Waals surface area contributed by atoms with Crippen LogP contribution in [0.4, 0.5) is 0 Å². The van der Waals surface area contributed by atoms with Crippen LogP contribution in [0.5, 0.6) is 0 Å². The monoisotopic (exact) mass is 388 g/mol. The Morgan fingerprint density at radius 2 is 1.97 bits per heavy atom. The predicted molar refractivity (Wildman–Crippen MR) is 109 cm³/mol. The normalized spacial score (nSPS) is 14.6. The summed E-state index contributed by atoms with van der Waals surface area (Å²) in [6.45, 7) is 0.204. The quantitative estimate of drug-likeness (QED) is 0.559. The van der Waals surface area contributed by atoms with Crippen LogP contribution in [-0.4, -0.2) is 30.9 Å². The Morgan fingerprint density at radius 3 is 2.79 bits per heavy atom. The fourth-order valence-electron chi connectivity index (χ4n) is 4.05. The maximum Gasteiger partial charge on any atom is 0.272 e. The molecule has 3 heterocycles. The van der Waals surface area contributed by atoms with Gasteiger partial charge in [-0.2, -0.15) is 10.2 Å². The number of fused-ring (bicyclic) bond motifs is 2. The van der Waals surface area contributed by atoms with Crippen molar-refractivity contribution in [1.29, 1.82) is 0 Å². The van der Waals surface area contributed by atoms with Crippen molar-refractivity contribution in [2.75, 3.05) is 0 Å². The maximum atomic E-state index is 12.6. The Balaban J connectivity index is 1.37. The minimum atomic E-state index is -0.246. The van der Waals surface area contributed by atoms with Gasteiger partial charge in [0.25, 0.3) is 11.5 Å². The average Bonchev–Trinajstić information content (AvgIpc) is 3.42. The van der Waals surface area contributed by atoms with Gasteiger partial charge in [-0.3, -0.25) is 9.59 Å². The molecule has 1 saturated carbocycles. The molecule has 1 fully saturated rings. The first-order valence-corrected chi connectivity index (χ1v) is 9.78. The number of hydrogen-bond donors (Lipinski definition) is 2. The number of H-pyrrole nitrogens is 1. The van der Waals surface area contributed by atoms with Crippen molar-refractivity contribution in [1.82, 2.24) is 30.3 Å². The molecule has 0 spiro atoms. The van der Waals surface area contributed by atoms with Crippen LogP contribution in [0, 0.1) is 0 Å². The Labute approximate surface area is 166 Å². The zero-order valence-electron chi connectivity index (χ0n) is 15.8. The lowest BCUT2D eigenvalue weighted by Gasteiger charge is -2.10. The summed E-state index contributed by atoms with van der Waals surface area (Å²) in [4.78, 5) is 29.0. The van der Waals surface area contributed by atoms with Gasteiger partial charge in [0.1, 0.15) is 0 Å². The molecule has 0 bridgehead atoms. The van der Waals surface area contributed by atoms with E-state index in [0.29, 0.717) is 22.7 Å². The van der Waals surface area contributed by atoms with E-state index in [1.165, 1.54) is 12.8 Å². The van der Waals surface area contributed by atoms with Crippen molar-refractivity contribution in [2.45, 2.75) is 38.3 Å². The number of aromatic nitrogens is 5. The smallest absolute Gasteiger partial charge is 0.272 e. The molecule has 0 aliphatic heterocycles. The molecule has 4 aromatic rings. The predicted octanol–water partition coefficient (Wildman–Crippen LogP) is 2.71. The average molecular weight is 388 g/mol. The number of rotatable bonds is 4. The Kier molecular flexibility index (Phi) is 4.31. The van der Waals surface area contributed by atoms with Gasteiger partial charge >= 0.3 is 0 Å². The number of pyridine rings is 1. The van der Waals surface area contributed by atoms with Gasteiger partial charge in [-0.25, -0.2) is 14.8 Å². The van der Waals surface area contributed by atoms with Crippen LogP contribution < -0.4 is 10.9 Å². The van der Waals surface area contributed by atoms with Gasteiger partial charge in [-0.15, -0.1) is 0 Å². The minimum Gasteiger partial charge on any atom is -0.346 e. The van der Waals surface area contributed by atoms with E-state index in [4.69, 9.17) is 0 Å². The van der Waals surface area contributed by atoms with Gasteiger partial charge in [0.05, 0.1) is 35.4 Å². The van der Waals surface area contributed by atoms with Crippen molar-refractivity contribution in [3.8, 4) is 0 Å². The van der Waals surface area contributed by atoms with Crippen LogP contribution in [0.25, 0.3) is 21.8 Å². The number of amides is 1. The molecule has 146 valence electrons. The van der Waals surface area contributed by atoms with E-state index < -0.39 is 0 Å². The van der Waals surface area contributed by atoms with Gasteiger partial charge < -0.3 is 5.32 Å². The SMILES string of the molecule is O=C(NCc1n[nH]c(=O)c2ccccc12)c1cnc2c(cnn2C2CCCC2)c1. The standard InChI is InChI=1S/C21H20N6O2/c28-20(23-12-18-16-7-3-4-8-17(16)21(29)26-25-18)14-9-13-11-24-27(19(13)22-10-14)15-5-1-2-6-15/h3-4,7-11,15H,1-2,5-6,12H2,(H,23,28)(H,26,29). The Bertz CT molecular complexity index is 1270. The fourth-order valence-corrected chi connectivity index (χ4v) is 4.05. The molecule has 0 radical (unpaired) electrons. The molecule has 1 aromatic carbocycles. The molecule has 5 rings (SSSR count). The number of carbonyl (C=O) groups excluding carboxylic acids is 1. The van der Waals surface area contributed by atoms with E-state index in [9.17, 15) is 9.59 Å². The first-order valence-electron chi connectivity index (χ1n) is 9.78. The van der Waals surface area contributed by atoms with Crippen LogP contribution in [0.3, 0.4) is 0 Å². The van der Waals surface area contributed by atoms with E-state index in [1.807, 2.05) is 22.9 Å². The highest BCUT2D eigenvalue weighted by Gasteiger charge is 2.20. The van der Waals surface area contributed by atoms with E-state index in [-0.39, 0.29) is 18.0 Å². The van der Waals surface area contributed by atoms with E-state index in [2.05, 4.69) is 25.6 Å². The summed E-state index contributed by atoms with van der Waals surface area (Å²) in [5, 5.41) is 16.1. The largest absolute Gasteiger partial charge is 0.346 e. The molecule has 8 heteroatoms. The summed E-state index contributed by atoms with van der Waals surface area (Å²) in [6, 6.07) is 9.42. The number of carbonyl (C=O) groups is 1. The van der Waals surface area contributed by atoms with Gasteiger partial charge in [0.2, 0.25) is 0 Å². The molecule has 1 aliphatic rings. The molecule has 29 heavy (non-hydrogen) atoms. The third-order valence-electron chi connectivity index (χ3n) is 5.56. The highest BCUT2D eigenvalue weighted by Crippen LogP contribution is 2.31. The molecule has 2 N–H and O–H groups in total. The van der Waals surface area contributed by atoms with E-state index >= 15 is 0 Å². The summed E-state index contributed by atoms with van der Waals surface area (Å²) in [5.41, 5.74) is 1.65. The number of nitrogens with one attached hydrogen (secondary N) is 2. The molecule has 0 atom stereocenters. The summed E-state index contributed by atoms with van der Waals surface area (Å²) < 4.78 is 1.99. The lowest BCUT2D eigenvalue weighted by molar-refractivity contribution is 0.0950.